The van der Waals surface area contributed by atoms with Crippen molar-refractivity contribution in [3.8, 4) is 0 Å². The molecule has 0 radical (unpaired) electrons. The van der Waals surface area contributed by atoms with Gasteiger partial charge in [0.25, 0.3) is 11.8 Å². The van der Waals surface area contributed by atoms with Crippen LogP contribution in [0.25, 0.3) is 0 Å². The third kappa shape index (κ3) is 6.87. The van der Waals surface area contributed by atoms with Crippen molar-refractivity contribution in [2.45, 2.75) is 75.2 Å². The van der Waals surface area contributed by atoms with Gasteiger partial charge in [0.2, 0.25) is 5.91 Å². The second kappa shape index (κ2) is 15.5. The van der Waals surface area contributed by atoms with E-state index >= 15 is 4.79 Å². The van der Waals surface area contributed by atoms with Gasteiger partial charge in [0.1, 0.15) is 5.54 Å². The van der Waals surface area contributed by atoms with E-state index in [0.717, 1.165) is 46.8 Å². The number of anilines is 3. The van der Waals surface area contributed by atoms with Crippen LogP contribution in [0.5, 0.6) is 0 Å². The third-order valence-corrected chi connectivity index (χ3v) is 15.2. The Balaban J connectivity index is 1.08. The molecule has 0 bridgehead atoms. The molecule has 4 aliphatic rings. The molecule has 4 heterocycles. The van der Waals surface area contributed by atoms with Gasteiger partial charge in [0, 0.05) is 41.5 Å². The van der Waals surface area contributed by atoms with E-state index in [-0.39, 0.29) is 43.8 Å². The predicted molar refractivity (Wildman–Crippen MR) is 223 cm³/mol. The number of para-hydroxylation sites is 2. The Morgan fingerprint density at radius 2 is 1.53 bits per heavy atom. The zero-order valence-corrected chi connectivity index (χ0v) is 34.0. The molecule has 298 valence electrons. The van der Waals surface area contributed by atoms with Crippen LogP contribution in [0.4, 0.5) is 17.1 Å². The Labute approximate surface area is 336 Å². The van der Waals surface area contributed by atoms with Crippen LogP contribution in [-0.4, -0.2) is 85.4 Å². The number of aliphatic hydroxyl groups is 1. The van der Waals surface area contributed by atoms with Crippen molar-refractivity contribution in [3.63, 3.8) is 0 Å². The lowest BCUT2D eigenvalue weighted by Gasteiger charge is -2.39. The van der Waals surface area contributed by atoms with Gasteiger partial charge in [-0.2, -0.15) is 0 Å². The SMILES string of the molecule is C[C@@H]1[C@@H]([Si](C)(C)O)[C@H](CC(=O)N(CCO)Cc2ccccc2)O[C@@]12C(=O)N(Cc1cccc(N3CN(c4ccccc4)C4(CCNCC4)C3=O)c1)c1ccccc12. The van der Waals surface area contributed by atoms with Crippen molar-refractivity contribution in [1.82, 2.24) is 10.2 Å². The molecule has 4 aromatic rings. The summed E-state index contributed by atoms with van der Waals surface area (Å²) in [5, 5.41) is 13.3. The summed E-state index contributed by atoms with van der Waals surface area (Å²) < 4.78 is 6.96. The number of hydrogen-bond donors (Lipinski definition) is 3. The van der Waals surface area contributed by atoms with E-state index in [4.69, 9.17) is 4.74 Å². The van der Waals surface area contributed by atoms with Gasteiger partial charge < -0.3 is 34.7 Å². The fourth-order valence-corrected chi connectivity index (χ4v) is 12.6. The molecule has 2 spiro atoms. The number of carbonyl (C=O) groups is 3. The van der Waals surface area contributed by atoms with Crippen LogP contribution >= 0.6 is 0 Å². The number of hydrogen-bond acceptors (Lipinski definition) is 8. The van der Waals surface area contributed by atoms with Crippen LogP contribution in [0.3, 0.4) is 0 Å². The number of carbonyl (C=O) groups excluding carboxylic acids is 3. The molecule has 4 atom stereocenters. The summed E-state index contributed by atoms with van der Waals surface area (Å²) in [6, 6.07) is 35.4. The molecular formula is C45H53N5O6Si. The molecule has 3 fully saturated rings. The summed E-state index contributed by atoms with van der Waals surface area (Å²) in [4.78, 5) is 62.9. The first-order valence-corrected chi connectivity index (χ1v) is 23.2. The van der Waals surface area contributed by atoms with E-state index in [2.05, 4.69) is 22.3 Å². The lowest BCUT2D eigenvalue weighted by molar-refractivity contribution is -0.150. The van der Waals surface area contributed by atoms with Gasteiger partial charge >= 0.3 is 0 Å². The van der Waals surface area contributed by atoms with Crippen LogP contribution in [0.15, 0.2) is 109 Å². The fourth-order valence-electron chi connectivity index (χ4n) is 10.1. The lowest BCUT2D eigenvalue weighted by atomic mass is 9.82. The quantitative estimate of drug-likeness (QED) is 0.173. The van der Waals surface area contributed by atoms with Gasteiger partial charge in [-0.15, -0.1) is 0 Å². The molecule has 11 nitrogen and oxygen atoms in total. The zero-order valence-electron chi connectivity index (χ0n) is 33.0. The highest BCUT2D eigenvalue weighted by atomic mass is 28.4. The summed E-state index contributed by atoms with van der Waals surface area (Å²) in [6.45, 7) is 8.18. The molecule has 4 aromatic carbocycles. The summed E-state index contributed by atoms with van der Waals surface area (Å²) in [7, 11) is -3.02. The van der Waals surface area contributed by atoms with Gasteiger partial charge in [0.15, 0.2) is 13.9 Å². The number of nitrogens with zero attached hydrogens (tertiary/aromatic N) is 4. The minimum atomic E-state index is -3.02. The average Bonchev–Trinajstić information content (AvgIpc) is 3.76. The number of fused-ring (bicyclic) bond motifs is 2. The summed E-state index contributed by atoms with van der Waals surface area (Å²) in [5.41, 5.74) is 2.61. The largest absolute Gasteiger partial charge is 0.432 e. The van der Waals surface area contributed by atoms with Crippen molar-refractivity contribution >= 4 is 43.1 Å². The highest BCUT2D eigenvalue weighted by Crippen LogP contribution is 2.60. The monoisotopic (exact) mass is 787 g/mol. The highest BCUT2D eigenvalue weighted by molar-refractivity contribution is 6.71. The minimum Gasteiger partial charge on any atom is -0.432 e. The second-order valence-corrected chi connectivity index (χ2v) is 20.6. The number of amides is 3. The van der Waals surface area contributed by atoms with E-state index < -0.39 is 37.0 Å². The van der Waals surface area contributed by atoms with Gasteiger partial charge in [-0.05, 0) is 80.5 Å². The third-order valence-electron chi connectivity index (χ3n) is 12.7. The van der Waals surface area contributed by atoms with Crippen LogP contribution in [0.1, 0.15) is 42.9 Å². The molecule has 0 saturated carbocycles. The predicted octanol–water partition coefficient (Wildman–Crippen LogP) is 5.38. The van der Waals surface area contributed by atoms with Crippen LogP contribution < -0.4 is 20.0 Å². The first-order chi connectivity index (χ1) is 27.5. The van der Waals surface area contributed by atoms with Crippen molar-refractivity contribution in [3.05, 3.63) is 126 Å². The minimum absolute atomic E-state index is 0.0283. The lowest BCUT2D eigenvalue weighted by Crippen LogP contribution is -2.55. The summed E-state index contributed by atoms with van der Waals surface area (Å²) >= 11 is 0. The van der Waals surface area contributed by atoms with Crippen molar-refractivity contribution in [2.24, 2.45) is 5.92 Å². The van der Waals surface area contributed by atoms with Crippen LogP contribution in [0.2, 0.25) is 18.6 Å². The first kappa shape index (κ1) is 39.0. The highest BCUT2D eigenvalue weighted by Gasteiger charge is 2.66. The maximum absolute atomic E-state index is 15.1. The normalized spacial score (nSPS) is 24.2. The van der Waals surface area contributed by atoms with Gasteiger partial charge in [-0.1, -0.05) is 85.8 Å². The van der Waals surface area contributed by atoms with Crippen molar-refractivity contribution < 1.29 is 29.0 Å². The molecule has 0 aromatic heterocycles. The molecule has 3 amide bonds. The molecule has 12 heteroatoms. The van der Waals surface area contributed by atoms with Crippen LogP contribution in [0, 0.1) is 5.92 Å². The molecule has 0 unspecified atom stereocenters. The zero-order chi connectivity index (χ0) is 40.0. The van der Waals surface area contributed by atoms with E-state index in [9.17, 15) is 19.5 Å². The number of piperidine rings is 1. The van der Waals surface area contributed by atoms with E-state index in [1.54, 1.807) is 9.80 Å². The van der Waals surface area contributed by atoms with Gasteiger partial charge in [-0.3, -0.25) is 19.3 Å². The molecule has 3 N–H and O–H groups in total. The van der Waals surface area contributed by atoms with Crippen molar-refractivity contribution in [1.29, 1.82) is 0 Å². The first-order valence-electron chi connectivity index (χ1n) is 20.2. The number of nitrogens with one attached hydrogen (secondary N) is 1. The Morgan fingerprint density at radius 3 is 2.23 bits per heavy atom. The number of benzene rings is 4. The molecular weight excluding hydrogens is 735 g/mol. The number of rotatable bonds is 11. The standard InChI is InChI=1S/C45H53N5O6Si/c1-32-41(57(2,3)55)39(28-40(52)47(25-26-51)29-33-13-6-4-7-14-33)56-45(32)37-19-10-11-20-38(37)48(43(45)54)30-34-15-12-18-36(27-34)49-31-50(35-16-8-5-9-17-35)44(42(49)53)21-23-46-24-22-44/h4-20,27,32,39,41,46,51,55H,21-26,28-31H2,1-3H3/t32-,39+,41-,45+/m1/s1. The topological polar surface area (TPSA) is 126 Å². The molecule has 8 rings (SSSR count). The van der Waals surface area contributed by atoms with E-state index in [1.807, 2.05) is 122 Å². The Hall–Kier alpha value is -4.85. The number of aliphatic hydroxyl groups excluding tert-OH is 1. The average molecular weight is 788 g/mol. The maximum atomic E-state index is 15.1. The van der Waals surface area contributed by atoms with E-state index in [0.29, 0.717) is 26.1 Å². The maximum Gasteiger partial charge on any atom is 0.264 e. The summed E-state index contributed by atoms with van der Waals surface area (Å²) in [6.07, 6.45) is 0.681. The molecule has 4 aliphatic heterocycles. The second-order valence-electron chi connectivity index (χ2n) is 16.6. The Kier molecular flexibility index (Phi) is 10.6. The molecule has 0 aliphatic carbocycles. The Bertz CT molecular complexity index is 2110. The summed E-state index contributed by atoms with van der Waals surface area (Å²) in [5.74, 6) is -0.771. The molecule has 3 saturated heterocycles. The van der Waals surface area contributed by atoms with E-state index in [1.165, 1.54) is 0 Å². The van der Waals surface area contributed by atoms with Gasteiger partial charge in [-0.25, -0.2) is 0 Å². The molecule has 57 heavy (non-hydrogen) atoms. The van der Waals surface area contributed by atoms with Crippen LogP contribution in [-0.2, 0) is 37.8 Å². The number of ether oxygens (including phenoxy) is 1. The fraction of sp³-hybridized carbons (Fsp3) is 0.400. The Morgan fingerprint density at radius 1 is 0.877 bits per heavy atom. The van der Waals surface area contributed by atoms with Crippen molar-refractivity contribution in [2.75, 3.05) is 47.6 Å². The smallest absolute Gasteiger partial charge is 0.264 e. The van der Waals surface area contributed by atoms with Gasteiger partial charge in [0.05, 0.1) is 38.0 Å².